The molecular weight excluding hydrogens is 222 g/mol. The molecule has 0 radical (unpaired) electrons. The number of nitrogens with zero attached hydrogens (tertiary/aromatic N) is 1. The van der Waals surface area contributed by atoms with Crippen LogP contribution in [0.4, 0.5) is 0 Å². The van der Waals surface area contributed by atoms with Gasteiger partial charge in [-0.25, -0.2) is 4.98 Å². The summed E-state index contributed by atoms with van der Waals surface area (Å²) in [6.07, 6.45) is 1.75. The lowest BCUT2D eigenvalue weighted by molar-refractivity contribution is 0.101. The summed E-state index contributed by atoms with van der Waals surface area (Å²) in [5, 5.41) is 2.85. The van der Waals surface area contributed by atoms with Gasteiger partial charge in [-0.2, -0.15) is 0 Å². The van der Waals surface area contributed by atoms with Crippen molar-refractivity contribution in [3.63, 3.8) is 0 Å². The van der Waals surface area contributed by atoms with Crippen LogP contribution in [0.3, 0.4) is 0 Å². The number of rotatable bonds is 4. The Morgan fingerprint density at radius 3 is 2.69 bits per heavy atom. The molecule has 1 heterocycles. The number of hydrogen-bond donors (Lipinski definition) is 0. The Labute approximate surface area is 97.7 Å². The number of benzene rings is 1. The first-order chi connectivity index (χ1) is 7.75. The summed E-state index contributed by atoms with van der Waals surface area (Å²) >= 11 is 1.56. The third-order valence-electron chi connectivity index (χ3n) is 2.11. The van der Waals surface area contributed by atoms with Gasteiger partial charge in [0.05, 0.1) is 0 Å². The van der Waals surface area contributed by atoms with Crippen molar-refractivity contribution in [1.29, 1.82) is 0 Å². The highest BCUT2D eigenvalue weighted by Crippen LogP contribution is 2.15. The molecule has 0 spiro atoms. The minimum atomic E-state index is 0.0615. The lowest BCUT2D eigenvalue weighted by atomic mass is 10.1. The molecule has 1 aromatic heterocycles. The van der Waals surface area contributed by atoms with Gasteiger partial charge in [0.15, 0.2) is 5.78 Å². The summed E-state index contributed by atoms with van der Waals surface area (Å²) in [4.78, 5) is 15.2. The first-order valence-electron chi connectivity index (χ1n) is 4.88. The number of aromatic nitrogens is 1. The average Bonchev–Trinajstić information content (AvgIpc) is 2.80. The average molecular weight is 233 g/mol. The lowest BCUT2D eigenvalue weighted by Gasteiger charge is -2.04. The molecule has 0 saturated heterocycles. The van der Waals surface area contributed by atoms with Crippen LogP contribution in [0, 0.1) is 0 Å². The zero-order chi connectivity index (χ0) is 11.4. The number of carbonyl (C=O) groups is 1. The molecule has 2 aromatic rings. The van der Waals surface area contributed by atoms with E-state index in [2.05, 4.69) is 4.98 Å². The van der Waals surface area contributed by atoms with Gasteiger partial charge in [-0.1, -0.05) is 0 Å². The van der Waals surface area contributed by atoms with Crippen molar-refractivity contribution in [1.82, 2.24) is 4.98 Å². The number of ether oxygens (including phenoxy) is 1. The van der Waals surface area contributed by atoms with Crippen molar-refractivity contribution >= 4 is 17.1 Å². The van der Waals surface area contributed by atoms with E-state index in [4.69, 9.17) is 4.74 Å². The molecule has 0 saturated carbocycles. The zero-order valence-corrected chi connectivity index (χ0v) is 9.66. The Morgan fingerprint density at radius 1 is 1.38 bits per heavy atom. The highest BCUT2D eigenvalue weighted by Gasteiger charge is 2.00. The lowest BCUT2D eigenvalue weighted by Crippen LogP contribution is -1.96. The molecule has 0 fully saturated rings. The van der Waals surface area contributed by atoms with E-state index in [9.17, 15) is 4.79 Å². The van der Waals surface area contributed by atoms with Crippen LogP contribution >= 0.6 is 11.3 Å². The molecule has 0 bridgehead atoms. The normalized spacial score (nSPS) is 10.1. The third-order valence-corrected chi connectivity index (χ3v) is 2.86. The second kappa shape index (κ2) is 4.90. The maximum Gasteiger partial charge on any atom is 0.159 e. The van der Waals surface area contributed by atoms with Gasteiger partial charge in [-0.15, -0.1) is 11.3 Å². The van der Waals surface area contributed by atoms with Crippen molar-refractivity contribution in [2.24, 2.45) is 0 Å². The molecule has 0 unspecified atom stereocenters. The molecule has 0 aliphatic heterocycles. The quantitative estimate of drug-likeness (QED) is 0.762. The number of Topliss-reactive ketones (excluding diaryl/α,β-unsaturated/α-hetero) is 1. The van der Waals surface area contributed by atoms with Crippen molar-refractivity contribution in [3.8, 4) is 5.75 Å². The SMILES string of the molecule is CC(=O)c1ccc(OCc2nccs2)cc1. The van der Waals surface area contributed by atoms with Gasteiger partial charge < -0.3 is 4.74 Å². The first-order valence-corrected chi connectivity index (χ1v) is 5.76. The topological polar surface area (TPSA) is 39.2 Å². The summed E-state index contributed by atoms with van der Waals surface area (Å²) in [7, 11) is 0. The molecule has 0 amide bonds. The minimum absolute atomic E-state index is 0.0615. The highest BCUT2D eigenvalue weighted by atomic mass is 32.1. The smallest absolute Gasteiger partial charge is 0.159 e. The van der Waals surface area contributed by atoms with E-state index in [0.29, 0.717) is 12.2 Å². The van der Waals surface area contributed by atoms with E-state index in [0.717, 1.165) is 10.8 Å². The summed E-state index contributed by atoms with van der Waals surface area (Å²) < 4.78 is 5.52. The Balaban J connectivity index is 1.98. The molecule has 1 aromatic carbocycles. The first kappa shape index (κ1) is 10.8. The monoisotopic (exact) mass is 233 g/mol. The van der Waals surface area contributed by atoms with Crippen molar-refractivity contribution in [2.45, 2.75) is 13.5 Å². The molecule has 0 aliphatic rings. The van der Waals surface area contributed by atoms with Gasteiger partial charge in [0.1, 0.15) is 17.4 Å². The molecule has 4 heteroatoms. The van der Waals surface area contributed by atoms with Crippen molar-refractivity contribution in [2.75, 3.05) is 0 Å². The van der Waals surface area contributed by atoms with Gasteiger partial charge in [0, 0.05) is 17.1 Å². The van der Waals surface area contributed by atoms with Gasteiger partial charge in [-0.05, 0) is 31.2 Å². The van der Waals surface area contributed by atoms with E-state index in [1.165, 1.54) is 0 Å². The summed E-state index contributed by atoms with van der Waals surface area (Å²) in [6, 6.07) is 7.12. The summed E-state index contributed by atoms with van der Waals surface area (Å²) in [6.45, 7) is 2.02. The van der Waals surface area contributed by atoms with Crippen molar-refractivity contribution in [3.05, 3.63) is 46.4 Å². The largest absolute Gasteiger partial charge is 0.486 e. The van der Waals surface area contributed by atoms with E-state index < -0.39 is 0 Å². The van der Waals surface area contributed by atoms with Crippen LogP contribution in [-0.2, 0) is 6.61 Å². The van der Waals surface area contributed by atoms with E-state index in [-0.39, 0.29) is 5.78 Å². The number of ketones is 1. The number of thiazole rings is 1. The van der Waals surface area contributed by atoms with Gasteiger partial charge in [-0.3, -0.25) is 4.79 Å². The Hall–Kier alpha value is -1.68. The van der Waals surface area contributed by atoms with E-state index in [1.54, 1.807) is 48.7 Å². The predicted molar refractivity (Wildman–Crippen MR) is 62.9 cm³/mol. The van der Waals surface area contributed by atoms with Crippen LogP contribution in [0.1, 0.15) is 22.3 Å². The fourth-order valence-corrected chi connectivity index (χ4v) is 1.78. The predicted octanol–water partition coefficient (Wildman–Crippen LogP) is 2.92. The van der Waals surface area contributed by atoms with Crippen LogP contribution in [-0.4, -0.2) is 10.8 Å². The molecule has 0 atom stereocenters. The van der Waals surface area contributed by atoms with Crippen molar-refractivity contribution < 1.29 is 9.53 Å². The van der Waals surface area contributed by atoms with E-state index >= 15 is 0 Å². The third kappa shape index (κ3) is 2.67. The zero-order valence-electron chi connectivity index (χ0n) is 8.84. The maximum atomic E-state index is 11.1. The van der Waals surface area contributed by atoms with Gasteiger partial charge in [0.25, 0.3) is 0 Å². The number of carbonyl (C=O) groups excluding carboxylic acids is 1. The summed E-state index contributed by atoms with van der Waals surface area (Å²) in [5.41, 5.74) is 0.696. The Bertz CT molecular complexity index is 462. The molecule has 82 valence electrons. The van der Waals surface area contributed by atoms with Crippen LogP contribution in [0.5, 0.6) is 5.75 Å². The molecule has 3 nitrogen and oxygen atoms in total. The second-order valence-electron chi connectivity index (χ2n) is 3.30. The van der Waals surface area contributed by atoms with Crippen LogP contribution in [0.15, 0.2) is 35.8 Å². The van der Waals surface area contributed by atoms with Gasteiger partial charge in [0.2, 0.25) is 0 Å². The molecule has 2 rings (SSSR count). The van der Waals surface area contributed by atoms with Crippen LogP contribution < -0.4 is 4.74 Å². The fraction of sp³-hybridized carbons (Fsp3) is 0.167. The van der Waals surface area contributed by atoms with E-state index in [1.807, 2.05) is 5.38 Å². The maximum absolute atomic E-state index is 11.1. The van der Waals surface area contributed by atoms with Crippen LogP contribution in [0.25, 0.3) is 0 Å². The highest BCUT2D eigenvalue weighted by molar-refractivity contribution is 7.09. The fourth-order valence-electron chi connectivity index (χ4n) is 1.26. The van der Waals surface area contributed by atoms with Gasteiger partial charge >= 0.3 is 0 Å². The van der Waals surface area contributed by atoms with Crippen LogP contribution in [0.2, 0.25) is 0 Å². The molecule has 0 N–H and O–H groups in total. The Kier molecular flexibility index (Phi) is 3.31. The Morgan fingerprint density at radius 2 is 2.12 bits per heavy atom. The number of hydrogen-bond acceptors (Lipinski definition) is 4. The molecular formula is C12H11NO2S. The molecule has 0 aliphatic carbocycles. The summed E-state index contributed by atoms with van der Waals surface area (Å²) in [5.74, 6) is 0.812. The standard InChI is InChI=1S/C12H11NO2S/c1-9(14)10-2-4-11(5-3-10)15-8-12-13-6-7-16-12/h2-7H,8H2,1H3. The molecule has 16 heavy (non-hydrogen) atoms. The second-order valence-corrected chi connectivity index (χ2v) is 4.27. The minimum Gasteiger partial charge on any atom is -0.486 e.